The molecule has 2 aromatic rings. The van der Waals surface area contributed by atoms with Gasteiger partial charge in [-0.25, -0.2) is 13.2 Å². The Kier molecular flexibility index (Phi) is 5.70. The summed E-state index contributed by atoms with van der Waals surface area (Å²) < 4.78 is 42.2. The Morgan fingerprint density at radius 3 is 2.50 bits per heavy atom. The molecule has 1 saturated heterocycles. The summed E-state index contributed by atoms with van der Waals surface area (Å²) in [6.07, 6.45) is 2.58. The summed E-state index contributed by atoms with van der Waals surface area (Å²) >= 11 is 0. The van der Waals surface area contributed by atoms with Gasteiger partial charge in [-0.1, -0.05) is 0 Å². The molecule has 1 N–H and O–H groups in total. The van der Waals surface area contributed by atoms with Gasteiger partial charge in [0.1, 0.15) is 23.6 Å². The van der Waals surface area contributed by atoms with Crippen LogP contribution in [0.3, 0.4) is 0 Å². The van der Waals surface area contributed by atoms with Crippen molar-refractivity contribution in [3.63, 3.8) is 0 Å². The molecule has 1 atom stereocenters. The largest absolute Gasteiger partial charge is 0.502 e. The maximum absolute atomic E-state index is 13.9. The van der Waals surface area contributed by atoms with Crippen molar-refractivity contribution in [2.75, 3.05) is 18.1 Å². The van der Waals surface area contributed by atoms with Crippen LogP contribution in [0.2, 0.25) is 0 Å². The van der Waals surface area contributed by atoms with E-state index in [1.165, 1.54) is 10.9 Å². The van der Waals surface area contributed by atoms with Crippen LogP contribution in [0, 0.1) is 17.5 Å². The number of carbonyl (C=O) groups excluding carboxylic acids is 2. The van der Waals surface area contributed by atoms with E-state index in [-0.39, 0.29) is 17.4 Å². The number of ketones is 1. The van der Waals surface area contributed by atoms with Gasteiger partial charge in [-0.3, -0.25) is 24.1 Å². The number of nitrogens with zero attached hydrogens (tertiary/aromatic N) is 3. The topological polar surface area (TPSA) is 82.9 Å². The van der Waals surface area contributed by atoms with Gasteiger partial charge in [0.05, 0.1) is 5.56 Å². The van der Waals surface area contributed by atoms with Crippen molar-refractivity contribution >= 4 is 11.7 Å². The van der Waals surface area contributed by atoms with Gasteiger partial charge in [-0.2, -0.15) is 0 Å². The average molecular weight is 449 g/mol. The Balaban J connectivity index is 1.70. The zero-order valence-corrected chi connectivity index (χ0v) is 17.4. The molecule has 32 heavy (non-hydrogen) atoms. The molecular formula is C22H22F3N3O4. The van der Waals surface area contributed by atoms with E-state index in [9.17, 15) is 32.7 Å². The van der Waals surface area contributed by atoms with Gasteiger partial charge in [-0.05, 0) is 32.6 Å². The van der Waals surface area contributed by atoms with E-state index in [4.69, 9.17) is 0 Å². The van der Waals surface area contributed by atoms with Crippen LogP contribution in [-0.2, 0) is 6.42 Å². The van der Waals surface area contributed by atoms with Crippen LogP contribution in [0.1, 0.15) is 59.0 Å². The molecule has 1 aromatic heterocycles. The van der Waals surface area contributed by atoms with Crippen LogP contribution in [0.4, 0.5) is 13.2 Å². The van der Waals surface area contributed by atoms with Crippen LogP contribution in [0.25, 0.3) is 0 Å². The van der Waals surface area contributed by atoms with Crippen LogP contribution in [0.15, 0.2) is 23.1 Å². The molecule has 2 aliphatic heterocycles. The predicted molar refractivity (Wildman–Crippen MR) is 109 cm³/mol. The zero-order chi connectivity index (χ0) is 23.2. The van der Waals surface area contributed by atoms with Crippen molar-refractivity contribution in [1.82, 2.24) is 9.58 Å². The minimum atomic E-state index is -1.12. The summed E-state index contributed by atoms with van der Waals surface area (Å²) in [5, 5.41) is 12.4. The quantitative estimate of drug-likeness (QED) is 0.710. The van der Waals surface area contributed by atoms with Gasteiger partial charge >= 0.3 is 0 Å². The first-order chi connectivity index (χ1) is 15.2. The predicted octanol–water partition coefficient (Wildman–Crippen LogP) is 2.71. The van der Waals surface area contributed by atoms with Crippen LogP contribution in [0.5, 0.6) is 5.75 Å². The first-order valence-electron chi connectivity index (χ1n) is 10.5. The van der Waals surface area contributed by atoms with Gasteiger partial charge < -0.3 is 10.0 Å². The van der Waals surface area contributed by atoms with Crippen molar-refractivity contribution in [1.29, 1.82) is 0 Å². The molecule has 10 heteroatoms. The van der Waals surface area contributed by atoms with E-state index in [2.05, 4.69) is 0 Å². The molecule has 4 rings (SSSR count). The maximum atomic E-state index is 13.9. The number of Topliss-reactive ketones (excluding diaryl/α,β-unsaturated/α-hetero) is 1. The Bertz CT molecular complexity index is 1140. The van der Waals surface area contributed by atoms with Crippen molar-refractivity contribution in [3.05, 3.63) is 62.8 Å². The fraction of sp³-hybridized carbons (Fsp3) is 0.409. The van der Waals surface area contributed by atoms with Crippen molar-refractivity contribution < 1.29 is 27.9 Å². The number of pyridine rings is 1. The van der Waals surface area contributed by atoms with E-state index in [1.54, 1.807) is 11.8 Å². The number of fused-ring (bicyclic) bond motifs is 3. The zero-order valence-electron chi connectivity index (χ0n) is 17.4. The smallest absolute Gasteiger partial charge is 0.278 e. The van der Waals surface area contributed by atoms with E-state index in [1.807, 2.05) is 5.01 Å². The lowest BCUT2D eigenvalue weighted by Gasteiger charge is -2.48. The number of hydrogen-bond donors (Lipinski definition) is 1. The molecule has 170 valence electrons. The van der Waals surface area contributed by atoms with E-state index in [0.29, 0.717) is 31.6 Å². The Morgan fingerprint density at radius 1 is 1.16 bits per heavy atom. The summed E-state index contributed by atoms with van der Waals surface area (Å²) in [6, 6.07) is 1.04. The van der Waals surface area contributed by atoms with E-state index >= 15 is 0 Å². The third kappa shape index (κ3) is 3.53. The lowest BCUT2D eigenvalue weighted by Crippen LogP contribution is -2.63. The summed E-state index contributed by atoms with van der Waals surface area (Å²) in [5.41, 5.74) is -2.06. The lowest BCUT2D eigenvalue weighted by molar-refractivity contribution is 0.0534. The number of halogens is 3. The fourth-order valence-electron chi connectivity index (χ4n) is 4.47. The van der Waals surface area contributed by atoms with Crippen molar-refractivity contribution in [2.24, 2.45) is 0 Å². The molecule has 1 fully saturated rings. The first kappa shape index (κ1) is 21.9. The number of benzene rings is 1. The molecule has 0 bridgehead atoms. The second kappa shape index (κ2) is 8.33. The third-order valence-corrected chi connectivity index (χ3v) is 6.06. The summed E-state index contributed by atoms with van der Waals surface area (Å²) in [6.45, 7) is 2.76. The number of carbonyl (C=O) groups is 2. The highest BCUT2D eigenvalue weighted by Crippen LogP contribution is 2.29. The normalized spacial score (nSPS) is 17.9. The average Bonchev–Trinajstić information content (AvgIpc) is 2.75. The summed E-state index contributed by atoms with van der Waals surface area (Å²) in [5.74, 6) is -5.40. The van der Waals surface area contributed by atoms with Crippen LogP contribution >= 0.6 is 0 Å². The maximum Gasteiger partial charge on any atom is 0.278 e. The molecule has 2 aliphatic rings. The van der Waals surface area contributed by atoms with Crippen molar-refractivity contribution in [3.8, 4) is 5.75 Å². The number of aromatic hydroxyl groups is 1. The highest BCUT2D eigenvalue weighted by Gasteiger charge is 2.40. The molecule has 3 heterocycles. The van der Waals surface area contributed by atoms with Crippen molar-refractivity contribution in [2.45, 2.75) is 45.2 Å². The first-order valence-corrected chi connectivity index (χ1v) is 10.5. The van der Waals surface area contributed by atoms with Gasteiger partial charge in [-0.15, -0.1) is 0 Å². The van der Waals surface area contributed by atoms with Gasteiger partial charge in [0.25, 0.3) is 5.91 Å². The number of hydrogen-bond acceptors (Lipinski definition) is 5. The SMILES string of the molecule is CCN1C(=O)c2c(O)c(=O)c(C(=O)CCc3c(F)cc(F)cc3F)cn2N2CCCC[C@@H]12. The van der Waals surface area contributed by atoms with E-state index in [0.717, 1.165) is 12.8 Å². The highest BCUT2D eigenvalue weighted by atomic mass is 19.1. The standard InChI is InChI=1S/C22H22F3N3O4/c1-2-26-18-5-3-4-8-27(18)28-11-14(20(30)21(31)19(28)22(26)32)17(29)7-6-13-15(24)9-12(23)10-16(13)25/h9-11,18,31H,2-8H2,1H3/t18-/m0/s1. The summed E-state index contributed by atoms with van der Waals surface area (Å²) in [4.78, 5) is 40.0. The Hall–Kier alpha value is -3.30. The minimum Gasteiger partial charge on any atom is -0.502 e. The number of aromatic nitrogens is 1. The lowest BCUT2D eigenvalue weighted by atomic mass is 10.0. The van der Waals surface area contributed by atoms with Gasteiger partial charge in [0.15, 0.2) is 17.2 Å². The molecule has 0 saturated carbocycles. The molecule has 0 spiro atoms. The third-order valence-electron chi connectivity index (χ3n) is 6.06. The molecule has 0 unspecified atom stereocenters. The monoisotopic (exact) mass is 449 g/mol. The summed E-state index contributed by atoms with van der Waals surface area (Å²) in [7, 11) is 0. The highest BCUT2D eigenvalue weighted by molar-refractivity contribution is 6.00. The molecular weight excluding hydrogens is 427 g/mol. The molecule has 0 radical (unpaired) electrons. The molecule has 0 aliphatic carbocycles. The Labute approximate surface area is 181 Å². The second-order valence-corrected chi connectivity index (χ2v) is 7.92. The Morgan fingerprint density at radius 2 is 1.84 bits per heavy atom. The van der Waals surface area contributed by atoms with Gasteiger partial charge in [0.2, 0.25) is 5.43 Å². The second-order valence-electron chi connectivity index (χ2n) is 7.92. The van der Waals surface area contributed by atoms with E-state index < -0.39 is 58.7 Å². The number of rotatable bonds is 5. The molecule has 7 nitrogen and oxygen atoms in total. The fourth-order valence-corrected chi connectivity index (χ4v) is 4.47. The number of amides is 1. The van der Waals surface area contributed by atoms with Crippen LogP contribution in [-0.4, -0.2) is 45.6 Å². The van der Waals surface area contributed by atoms with Crippen LogP contribution < -0.4 is 10.4 Å². The molecule has 1 aromatic carbocycles. The minimum absolute atomic E-state index is 0.206. The van der Waals surface area contributed by atoms with Gasteiger partial charge in [0, 0.05) is 43.4 Å². The molecule has 1 amide bonds. The number of piperidine rings is 1.